The summed E-state index contributed by atoms with van der Waals surface area (Å²) in [6.45, 7) is 4.92. The van der Waals surface area contributed by atoms with Crippen LogP contribution in [-0.4, -0.2) is 43.8 Å². The lowest BCUT2D eigenvalue weighted by Crippen LogP contribution is -2.52. The highest BCUT2D eigenvalue weighted by Crippen LogP contribution is 2.26. The molecule has 0 radical (unpaired) electrons. The van der Waals surface area contributed by atoms with Crippen molar-refractivity contribution in [1.29, 1.82) is 0 Å². The zero-order valence-corrected chi connectivity index (χ0v) is 23.8. The molecular weight excluding hydrogens is 545 g/mol. The molecular formula is C28H31Cl2N3O4S. The Morgan fingerprint density at radius 1 is 0.895 bits per heavy atom. The molecule has 10 heteroatoms. The summed E-state index contributed by atoms with van der Waals surface area (Å²) in [5, 5.41) is 3.76. The number of anilines is 1. The number of halogens is 2. The van der Waals surface area contributed by atoms with E-state index in [2.05, 4.69) is 5.32 Å². The average molecular weight is 577 g/mol. The molecule has 2 amide bonds. The molecule has 2 atom stereocenters. The molecule has 3 aromatic rings. The Hall–Kier alpha value is -3.07. The fourth-order valence-electron chi connectivity index (χ4n) is 3.71. The lowest BCUT2D eigenvalue weighted by molar-refractivity contribution is -0.139. The van der Waals surface area contributed by atoms with Gasteiger partial charge in [0, 0.05) is 22.6 Å². The first-order chi connectivity index (χ1) is 18.0. The van der Waals surface area contributed by atoms with E-state index >= 15 is 0 Å². The molecule has 202 valence electrons. The van der Waals surface area contributed by atoms with Gasteiger partial charge in [0.1, 0.15) is 12.6 Å². The molecule has 0 bridgehead atoms. The topological polar surface area (TPSA) is 86.8 Å². The lowest BCUT2D eigenvalue weighted by atomic mass is 10.1. The smallest absolute Gasteiger partial charge is 0.264 e. The second kappa shape index (κ2) is 13.1. The van der Waals surface area contributed by atoms with Gasteiger partial charge in [-0.1, -0.05) is 66.5 Å². The molecule has 38 heavy (non-hydrogen) atoms. The number of amides is 2. The predicted octanol–water partition coefficient (Wildman–Crippen LogP) is 5.52. The van der Waals surface area contributed by atoms with Crippen LogP contribution < -0.4 is 9.62 Å². The minimum atomic E-state index is -4.13. The van der Waals surface area contributed by atoms with Gasteiger partial charge in [0.25, 0.3) is 10.0 Å². The zero-order chi connectivity index (χ0) is 27.9. The third-order valence-electron chi connectivity index (χ3n) is 6.19. The van der Waals surface area contributed by atoms with Crippen LogP contribution in [0.25, 0.3) is 0 Å². The van der Waals surface area contributed by atoms with E-state index in [9.17, 15) is 18.0 Å². The number of carbonyl (C=O) groups excluding carboxylic acids is 2. The molecule has 0 aliphatic rings. The molecule has 0 heterocycles. The maximum absolute atomic E-state index is 13.9. The molecule has 0 spiro atoms. The van der Waals surface area contributed by atoms with Crippen molar-refractivity contribution in [3.05, 3.63) is 94.5 Å². The number of rotatable bonds is 11. The van der Waals surface area contributed by atoms with Crippen LogP contribution in [0.4, 0.5) is 5.69 Å². The summed E-state index contributed by atoms with van der Waals surface area (Å²) >= 11 is 12.4. The van der Waals surface area contributed by atoms with Crippen molar-refractivity contribution < 1.29 is 18.0 Å². The Balaban J connectivity index is 2.02. The summed E-state index contributed by atoms with van der Waals surface area (Å²) < 4.78 is 28.4. The zero-order valence-electron chi connectivity index (χ0n) is 21.5. The van der Waals surface area contributed by atoms with Crippen LogP contribution in [0.1, 0.15) is 32.8 Å². The third-order valence-corrected chi connectivity index (χ3v) is 8.60. The number of hydrogen-bond donors (Lipinski definition) is 1. The van der Waals surface area contributed by atoms with Gasteiger partial charge in [0.2, 0.25) is 11.8 Å². The van der Waals surface area contributed by atoms with E-state index in [1.807, 2.05) is 13.8 Å². The largest absolute Gasteiger partial charge is 0.352 e. The molecule has 0 aliphatic carbocycles. The highest BCUT2D eigenvalue weighted by Gasteiger charge is 2.33. The first kappa shape index (κ1) is 29.5. The molecule has 1 N–H and O–H groups in total. The van der Waals surface area contributed by atoms with Crippen LogP contribution in [0, 0.1) is 0 Å². The maximum Gasteiger partial charge on any atom is 0.264 e. The van der Waals surface area contributed by atoms with Gasteiger partial charge >= 0.3 is 0 Å². The lowest BCUT2D eigenvalue weighted by Gasteiger charge is -2.32. The van der Waals surface area contributed by atoms with Gasteiger partial charge in [-0.3, -0.25) is 13.9 Å². The Morgan fingerprint density at radius 2 is 1.50 bits per heavy atom. The Labute approximate surface area is 234 Å². The van der Waals surface area contributed by atoms with Gasteiger partial charge in [0.15, 0.2) is 0 Å². The molecule has 3 aromatic carbocycles. The van der Waals surface area contributed by atoms with Crippen molar-refractivity contribution >= 4 is 50.7 Å². The molecule has 0 saturated carbocycles. The van der Waals surface area contributed by atoms with Crippen LogP contribution >= 0.6 is 23.2 Å². The van der Waals surface area contributed by atoms with E-state index in [0.29, 0.717) is 15.6 Å². The van der Waals surface area contributed by atoms with Crippen LogP contribution in [0.15, 0.2) is 83.8 Å². The monoisotopic (exact) mass is 575 g/mol. The Morgan fingerprint density at radius 3 is 2.11 bits per heavy atom. The van der Waals surface area contributed by atoms with Gasteiger partial charge in [-0.05, 0) is 68.3 Å². The maximum atomic E-state index is 13.9. The fourth-order valence-corrected chi connectivity index (χ4v) is 5.47. The molecule has 0 unspecified atom stereocenters. The van der Waals surface area contributed by atoms with Gasteiger partial charge in [-0.25, -0.2) is 8.42 Å². The summed E-state index contributed by atoms with van der Waals surface area (Å²) in [5.74, 6) is -0.908. The standard InChI is InChI=1S/C28H31Cl2N3O4S/c1-4-20(2)31-28(35)21(3)32(18-22-10-8-9-13-26(22)30)27(34)19-33(24-16-14-23(29)15-17-24)38(36,37)25-11-6-5-7-12-25/h5-17,20-21H,4,18-19H2,1-3H3,(H,31,35)/t20-,21-/m1/s1. The summed E-state index contributed by atoms with van der Waals surface area (Å²) in [7, 11) is -4.13. The highest BCUT2D eigenvalue weighted by atomic mass is 35.5. The number of carbonyl (C=O) groups is 2. The second-order valence-electron chi connectivity index (χ2n) is 8.91. The first-order valence-corrected chi connectivity index (χ1v) is 14.4. The van der Waals surface area contributed by atoms with Gasteiger partial charge in [0.05, 0.1) is 10.6 Å². The van der Waals surface area contributed by atoms with E-state index in [4.69, 9.17) is 23.2 Å². The van der Waals surface area contributed by atoms with Crippen LogP contribution in [0.5, 0.6) is 0 Å². The van der Waals surface area contributed by atoms with Crippen molar-refractivity contribution in [2.75, 3.05) is 10.8 Å². The summed E-state index contributed by atoms with van der Waals surface area (Å²) in [6, 6.07) is 20.1. The SMILES string of the molecule is CC[C@@H](C)NC(=O)[C@@H](C)N(Cc1ccccc1Cl)C(=O)CN(c1ccc(Cl)cc1)S(=O)(=O)c1ccccc1. The van der Waals surface area contributed by atoms with E-state index in [-0.39, 0.29) is 29.1 Å². The number of sulfonamides is 1. The number of benzene rings is 3. The van der Waals surface area contributed by atoms with E-state index in [0.717, 1.165) is 10.7 Å². The minimum Gasteiger partial charge on any atom is -0.352 e. The first-order valence-electron chi connectivity index (χ1n) is 12.2. The summed E-state index contributed by atoms with van der Waals surface area (Å²) in [4.78, 5) is 28.3. The highest BCUT2D eigenvalue weighted by molar-refractivity contribution is 7.92. The molecule has 7 nitrogen and oxygen atoms in total. The van der Waals surface area contributed by atoms with E-state index < -0.39 is 28.5 Å². The molecule has 3 rings (SSSR count). The van der Waals surface area contributed by atoms with E-state index in [1.165, 1.54) is 29.2 Å². The number of nitrogens with zero attached hydrogens (tertiary/aromatic N) is 2. The normalized spacial score (nSPS) is 12.9. The summed E-state index contributed by atoms with van der Waals surface area (Å²) in [6.07, 6.45) is 0.719. The second-order valence-corrected chi connectivity index (χ2v) is 11.6. The fraction of sp³-hybridized carbons (Fsp3) is 0.286. The predicted molar refractivity (Wildman–Crippen MR) is 152 cm³/mol. The number of hydrogen-bond acceptors (Lipinski definition) is 4. The van der Waals surface area contributed by atoms with Crippen LogP contribution in [-0.2, 0) is 26.2 Å². The van der Waals surface area contributed by atoms with Crippen molar-refractivity contribution in [3.63, 3.8) is 0 Å². The number of nitrogens with one attached hydrogen (secondary N) is 1. The van der Waals surface area contributed by atoms with Crippen molar-refractivity contribution in [2.24, 2.45) is 0 Å². The quantitative estimate of drug-likeness (QED) is 0.326. The Bertz CT molecular complexity index is 1350. The minimum absolute atomic E-state index is 0.0213. The van der Waals surface area contributed by atoms with Crippen LogP contribution in [0.2, 0.25) is 10.0 Å². The average Bonchev–Trinajstić information content (AvgIpc) is 2.91. The molecule has 0 fully saturated rings. The summed E-state index contributed by atoms with van der Waals surface area (Å²) in [5.41, 5.74) is 0.899. The molecule has 0 saturated heterocycles. The molecule has 0 aromatic heterocycles. The van der Waals surface area contributed by atoms with Crippen molar-refractivity contribution in [3.8, 4) is 0 Å². The van der Waals surface area contributed by atoms with Crippen molar-refractivity contribution in [1.82, 2.24) is 10.2 Å². The van der Waals surface area contributed by atoms with Gasteiger partial charge in [-0.2, -0.15) is 0 Å². The molecule has 0 aliphatic heterocycles. The van der Waals surface area contributed by atoms with Crippen LogP contribution in [0.3, 0.4) is 0 Å². The third kappa shape index (κ3) is 7.28. The van der Waals surface area contributed by atoms with Gasteiger partial charge < -0.3 is 10.2 Å². The van der Waals surface area contributed by atoms with E-state index in [1.54, 1.807) is 61.5 Å². The van der Waals surface area contributed by atoms with Crippen molar-refractivity contribution in [2.45, 2.75) is 50.7 Å². The van der Waals surface area contributed by atoms with Gasteiger partial charge in [-0.15, -0.1) is 0 Å². The Kier molecular flexibility index (Phi) is 10.2.